The van der Waals surface area contributed by atoms with E-state index in [4.69, 9.17) is 0 Å². The SMILES string of the molecule is O=c1nc2sc3c(n2c(=O)[nH]1)CCCC3. The van der Waals surface area contributed by atoms with Gasteiger partial charge in [-0.3, -0.25) is 4.98 Å². The Labute approximate surface area is 88.4 Å². The van der Waals surface area contributed by atoms with Crippen molar-refractivity contribution in [3.8, 4) is 0 Å². The Balaban J connectivity index is 2.47. The summed E-state index contributed by atoms with van der Waals surface area (Å²) in [5, 5.41) is 0. The van der Waals surface area contributed by atoms with Gasteiger partial charge in [0.05, 0.1) is 0 Å². The third-order valence-electron chi connectivity index (χ3n) is 2.68. The monoisotopic (exact) mass is 223 g/mol. The molecular formula is C9H9N3O2S. The molecule has 0 bridgehead atoms. The van der Waals surface area contributed by atoms with Crippen molar-refractivity contribution in [2.75, 3.05) is 0 Å². The maximum Gasteiger partial charge on any atom is 0.351 e. The summed E-state index contributed by atoms with van der Waals surface area (Å²) in [6.45, 7) is 0. The molecule has 0 aromatic carbocycles. The van der Waals surface area contributed by atoms with Crippen LogP contribution in [0.5, 0.6) is 0 Å². The van der Waals surface area contributed by atoms with Gasteiger partial charge in [-0.15, -0.1) is 11.3 Å². The number of nitrogens with one attached hydrogen (secondary N) is 1. The molecule has 2 aromatic heterocycles. The number of fused-ring (bicyclic) bond motifs is 3. The normalized spacial score (nSPS) is 15.5. The van der Waals surface area contributed by atoms with Crippen LogP contribution in [0.1, 0.15) is 23.4 Å². The highest BCUT2D eigenvalue weighted by Gasteiger charge is 2.17. The van der Waals surface area contributed by atoms with Crippen LogP contribution < -0.4 is 11.4 Å². The zero-order chi connectivity index (χ0) is 10.4. The quantitative estimate of drug-likeness (QED) is 0.699. The van der Waals surface area contributed by atoms with Gasteiger partial charge in [-0.25, -0.2) is 14.0 Å². The molecule has 5 nitrogen and oxygen atoms in total. The molecule has 1 aliphatic rings. The molecule has 2 heterocycles. The zero-order valence-corrected chi connectivity index (χ0v) is 8.76. The maximum atomic E-state index is 11.6. The van der Waals surface area contributed by atoms with Crippen LogP contribution in [0, 0.1) is 0 Å². The molecule has 0 aliphatic heterocycles. The van der Waals surface area contributed by atoms with Crippen LogP contribution in [-0.2, 0) is 12.8 Å². The average Bonchev–Trinajstić information content (AvgIpc) is 2.54. The smallest absolute Gasteiger partial charge is 0.257 e. The molecule has 0 spiro atoms. The maximum absolute atomic E-state index is 11.6. The number of aromatic amines is 1. The van der Waals surface area contributed by atoms with Gasteiger partial charge >= 0.3 is 11.4 Å². The number of hydrogen-bond acceptors (Lipinski definition) is 4. The second-order valence-corrected chi connectivity index (χ2v) is 4.71. The van der Waals surface area contributed by atoms with Crippen molar-refractivity contribution >= 4 is 16.3 Å². The van der Waals surface area contributed by atoms with E-state index in [0.717, 1.165) is 31.4 Å². The number of hydrogen-bond donors (Lipinski definition) is 1. The molecule has 0 unspecified atom stereocenters. The number of rotatable bonds is 0. The highest BCUT2D eigenvalue weighted by molar-refractivity contribution is 7.17. The minimum absolute atomic E-state index is 0.357. The minimum atomic E-state index is -0.557. The molecule has 15 heavy (non-hydrogen) atoms. The third-order valence-corrected chi connectivity index (χ3v) is 3.82. The second-order valence-electron chi connectivity index (χ2n) is 3.64. The molecule has 1 aliphatic carbocycles. The van der Waals surface area contributed by atoms with E-state index in [-0.39, 0.29) is 5.69 Å². The summed E-state index contributed by atoms with van der Waals surface area (Å²) in [5.74, 6) is 0. The van der Waals surface area contributed by atoms with Crippen LogP contribution >= 0.6 is 11.3 Å². The van der Waals surface area contributed by atoms with Crippen molar-refractivity contribution in [3.63, 3.8) is 0 Å². The van der Waals surface area contributed by atoms with E-state index in [1.807, 2.05) is 0 Å². The van der Waals surface area contributed by atoms with Crippen molar-refractivity contribution in [3.05, 3.63) is 31.5 Å². The zero-order valence-electron chi connectivity index (χ0n) is 7.95. The van der Waals surface area contributed by atoms with E-state index in [1.165, 1.54) is 16.2 Å². The molecule has 78 valence electrons. The first-order valence-corrected chi connectivity index (χ1v) is 5.71. The van der Waals surface area contributed by atoms with E-state index in [2.05, 4.69) is 9.97 Å². The Bertz CT molecular complexity index is 637. The molecule has 0 amide bonds. The molecule has 6 heteroatoms. The van der Waals surface area contributed by atoms with Gasteiger partial charge in [-0.2, -0.15) is 4.98 Å². The summed E-state index contributed by atoms with van der Waals surface area (Å²) in [4.78, 5) is 30.4. The van der Waals surface area contributed by atoms with Gasteiger partial charge in [0.25, 0.3) is 0 Å². The fraction of sp³-hybridized carbons (Fsp3) is 0.444. The first-order valence-electron chi connectivity index (χ1n) is 4.89. The van der Waals surface area contributed by atoms with Gasteiger partial charge < -0.3 is 0 Å². The number of nitrogens with zero attached hydrogens (tertiary/aromatic N) is 2. The fourth-order valence-corrected chi connectivity index (χ4v) is 3.21. The van der Waals surface area contributed by atoms with Gasteiger partial charge in [0, 0.05) is 10.6 Å². The number of thiazole rings is 1. The number of H-pyrrole nitrogens is 1. The topological polar surface area (TPSA) is 67.2 Å². The molecule has 0 atom stereocenters. The highest BCUT2D eigenvalue weighted by atomic mass is 32.1. The van der Waals surface area contributed by atoms with Gasteiger partial charge in [0.2, 0.25) is 4.96 Å². The lowest BCUT2D eigenvalue weighted by atomic mass is 10.0. The van der Waals surface area contributed by atoms with Gasteiger partial charge in [-0.1, -0.05) is 0 Å². The van der Waals surface area contributed by atoms with Crippen molar-refractivity contribution in [1.29, 1.82) is 0 Å². The Morgan fingerprint density at radius 2 is 2.07 bits per heavy atom. The van der Waals surface area contributed by atoms with Crippen molar-refractivity contribution < 1.29 is 0 Å². The lowest BCUT2D eigenvalue weighted by molar-refractivity contribution is 0.665. The molecule has 1 N–H and O–H groups in total. The van der Waals surface area contributed by atoms with E-state index in [0.29, 0.717) is 4.96 Å². The largest absolute Gasteiger partial charge is 0.351 e. The number of aromatic nitrogens is 3. The summed E-state index contributed by atoms with van der Waals surface area (Å²) in [6.07, 6.45) is 4.16. The molecule has 0 saturated heterocycles. The molecule has 2 aromatic rings. The lowest BCUT2D eigenvalue weighted by Crippen LogP contribution is -2.28. The van der Waals surface area contributed by atoms with E-state index >= 15 is 0 Å². The van der Waals surface area contributed by atoms with Crippen LogP contribution in [0.25, 0.3) is 4.96 Å². The van der Waals surface area contributed by atoms with Gasteiger partial charge in [0.1, 0.15) is 0 Å². The average molecular weight is 223 g/mol. The van der Waals surface area contributed by atoms with Crippen LogP contribution in [0.3, 0.4) is 0 Å². The standard InChI is InChI=1S/C9H9N3O2S/c13-7-10-8(14)12-5-3-1-2-4-6(5)15-9(12)11-7/h1-4H2,(H,10,13,14). The van der Waals surface area contributed by atoms with Crippen molar-refractivity contribution in [1.82, 2.24) is 14.4 Å². The number of aryl methyl sites for hydroxylation is 2. The minimum Gasteiger partial charge on any atom is -0.257 e. The second kappa shape index (κ2) is 3.03. The highest BCUT2D eigenvalue weighted by Crippen LogP contribution is 2.27. The molecule has 0 saturated carbocycles. The first-order chi connectivity index (χ1) is 7.25. The van der Waals surface area contributed by atoms with Gasteiger partial charge in [0.15, 0.2) is 0 Å². The van der Waals surface area contributed by atoms with E-state index in [1.54, 1.807) is 4.40 Å². The Morgan fingerprint density at radius 3 is 2.93 bits per heavy atom. The van der Waals surface area contributed by atoms with Crippen LogP contribution in [0.4, 0.5) is 0 Å². The van der Waals surface area contributed by atoms with Crippen LogP contribution in [-0.4, -0.2) is 14.4 Å². The molecule has 0 fully saturated rings. The summed E-state index contributed by atoms with van der Waals surface area (Å²) in [7, 11) is 0. The summed E-state index contributed by atoms with van der Waals surface area (Å²) in [5.41, 5.74) is 0.123. The van der Waals surface area contributed by atoms with E-state index < -0.39 is 5.69 Å². The van der Waals surface area contributed by atoms with E-state index in [9.17, 15) is 9.59 Å². The predicted octanol–water partition coefficient (Wildman–Crippen LogP) is 0.323. The molecule has 0 radical (unpaired) electrons. The van der Waals surface area contributed by atoms with Gasteiger partial charge in [-0.05, 0) is 25.7 Å². The summed E-state index contributed by atoms with van der Waals surface area (Å²) in [6, 6.07) is 0. The summed E-state index contributed by atoms with van der Waals surface area (Å²) < 4.78 is 1.54. The molecular weight excluding hydrogens is 214 g/mol. The van der Waals surface area contributed by atoms with Crippen LogP contribution in [0.2, 0.25) is 0 Å². The molecule has 3 rings (SSSR count). The predicted molar refractivity (Wildman–Crippen MR) is 56.6 cm³/mol. The first kappa shape index (κ1) is 8.84. The Hall–Kier alpha value is -1.43. The van der Waals surface area contributed by atoms with Crippen molar-refractivity contribution in [2.24, 2.45) is 0 Å². The van der Waals surface area contributed by atoms with Crippen LogP contribution in [0.15, 0.2) is 9.59 Å². The summed E-state index contributed by atoms with van der Waals surface area (Å²) >= 11 is 1.46. The Kier molecular flexibility index (Phi) is 1.79. The van der Waals surface area contributed by atoms with Crippen molar-refractivity contribution in [2.45, 2.75) is 25.7 Å². The Morgan fingerprint density at radius 1 is 1.27 bits per heavy atom. The third kappa shape index (κ3) is 1.25. The fourth-order valence-electron chi connectivity index (χ4n) is 2.02. The lowest BCUT2D eigenvalue weighted by Gasteiger charge is -2.09.